The van der Waals surface area contributed by atoms with Crippen molar-refractivity contribution in [2.75, 3.05) is 6.61 Å². The molecule has 2 rings (SSSR count). The number of hydrogen-bond acceptors (Lipinski definition) is 4. The fourth-order valence-corrected chi connectivity index (χ4v) is 2.63. The van der Waals surface area contributed by atoms with E-state index in [1.807, 2.05) is 12.1 Å². The van der Waals surface area contributed by atoms with E-state index in [9.17, 15) is 4.57 Å². The van der Waals surface area contributed by atoms with E-state index < -0.39 is 7.82 Å². The molecule has 4 nitrogen and oxygen atoms in total. The zero-order valence-electron chi connectivity index (χ0n) is 10.8. The van der Waals surface area contributed by atoms with Gasteiger partial charge in [-0.25, -0.2) is 4.57 Å². The Morgan fingerprint density at radius 3 is 1.75 bits per heavy atom. The lowest BCUT2D eigenvalue weighted by molar-refractivity contribution is 0.229. The molecule has 2 aromatic rings. The average Bonchev–Trinajstić information content (AvgIpc) is 2.47. The Bertz CT molecular complexity index is 538. The molecule has 0 aliphatic rings. The van der Waals surface area contributed by atoms with Crippen molar-refractivity contribution in [1.82, 2.24) is 0 Å². The van der Waals surface area contributed by atoms with Gasteiger partial charge in [-0.2, -0.15) is 0 Å². The Morgan fingerprint density at radius 2 is 1.35 bits per heavy atom. The molecule has 2 aromatic carbocycles. The van der Waals surface area contributed by atoms with Gasteiger partial charge in [0.05, 0.1) is 6.61 Å². The summed E-state index contributed by atoms with van der Waals surface area (Å²) in [5, 5.41) is 0. The van der Waals surface area contributed by atoms with E-state index >= 15 is 0 Å². The minimum absolute atomic E-state index is 0.0664. The molecule has 0 fully saturated rings. The van der Waals surface area contributed by atoms with Crippen LogP contribution in [0, 0.1) is 0 Å². The Morgan fingerprint density at radius 1 is 0.900 bits per heavy atom. The van der Waals surface area contributed by atoms with Gasteiger partial charge in [-0.1, -0.05) is 42.5 Å². The Balaban J connectivity index is 2.16. The van der Waals surface area contributed by atoms with Crippen LogP contribution in [0.1, 0.15) is 0 Å². The maximum Gasteiger partial charge on any atom is 0.587 e. The molecule has 0 aromatic heterocycles. The Labute approximate surface area is 118 Å². The first kappa shape index (κ1) is 14.4. The lowest BCUT2D eigenvalue weighted by atomic mass is 10.3. The number of phosphoric ester groups is 1. The molecular weight excluding hydrogens is 275 g/mol. The van der Waals surface area contributed by atoms with E-state index in [1.165, 1.54) is 6.08 Å². The van der Waals surface area contributed by atoms with Gasteiger partial charge in [0, 0.05) is 0 Å². The number of hydrogen-bond donors (Lipinski definition) is 0. The van der Waals surface area contributed by atoms with Crippen LogP contribution in [-0.2, 0) is 9.09 Å². The molecule has 0 bridgehead atoms. The molecule has 20 heavy (non-hydrogen) atoms. The third-order valence-electron chi connectivity index (χ3n) is 2.27. The monoisotopic (exact) mass is 290 g/mol. The lowest BCUT2D eigenvalue weighted by Gasteiger charge is -2.18. The summed E-state index contributed by atoms with van der Waals surface area (Å²) < 4.78 is 28.5. The number of rotatable bonds is 7. The van der Waals surface area contributed by atoms with Crippen LogP contribution < -0.4 is 9.05 Å². The Hall–Kier alpha value is -2.03. The third kappa shape index (κ3) is 4.26. The van der Waals surface area contributed by atoms with Crippen LogP contribution in [-0.4, -0.2) is 6.61 Å². The van der Waals surface area contributed by atoms with E-state index in [-0.39, 0.29) is 6.61 Å². The standard InChI is InChI=1S/C15H15O4P/c1-2-13-17-20(16,18-14-9-5-3-6-10-14)19-15-11-7-4-8-12-15/h2-12H,1,13H2. The highest BCUT2D eigenvalue weighted by Gasteiger charge is 2.30. The van der Waals surface area contributed by atoms with Crippen LogP contribution in [0.5, 0.6) is 11.5 Å². The van der Waals surface area contributed by atoms with Gasteiger partial charge in [-0.15, -0.1) is 6.58 Å². The molecule has 0 saturated heterocycles. The molecule has 104 valence electrons. The summed E-state index contributed by atoms with van der Waals surface area (Å²) in [6, 6.07) is 17.5. The minimum Gasteiger partial charge on any atom is -0.395 e. The number of phosphoric acid groups is 1. The van der Waals surface area contributed by atoms with Crippen molar-refractivity contribution >= 4 is 7.82 Å². The van der Waals surface area contributed by atoms with Crippen LogP contribution in [0.15, 0.2) is 73.3 Å². The molecule has 0 saturated carbocycles. The van der Waals surface area contributed by atoms with E-state index in [4.69, 9.17) is 13.6 Å². The van der Waals surface area contributed by atoms with Gasteiger partial charge in [0.1, 0.15) is 11.5 Å². The summed E-state index contributed by atoms with van der Waals surface area (Å²) >= 11 is 0. The van der Waals surface area contributed by atoms with Gasteiger partial charge >= 0.3 is 7.82 Å². The summed E-state index contributed by atoms with van der Waals surface area (Å²) in [6.45, 7) is 3.59. The molecule has 0 aliphatic carbocycles. The van der Waals surface area contributed by atoms with Crippen molar-refractivity contribution in [1.29, 1.82) is 0 Å². The number of benzene rings is 2. The predicted octanol–water partition coefficient (Wildman–Crippen LogP) is 4.46. The first-order valence-electron chi connectivity index (χ1n) is 6.07. The zero-order chi connectivity index (χ0) is 14.3. The predicted molar refractivity (Wildman–Crippen MR) is 77.9 cm³/mol. The summed E-state index contributed by atoms with van der Waals surface area (Å²) in [7, 11) is -3.75. The molecule has 0 aliphatic heterocycles. The maximum atomic E-state index is 12.6. The van der Waals surface area contributed by atoms with Gasteiger partial charge in [-0.05, 0) is 24.3 Å². The number of para-hydroxylation sites is 2. The maximum absolute atomic E-state index is 12.6. The topological polar surface area (TPSA) is 44.8 Å². The summed E-state index contributed by atoms with van der Waals surface area (Å²) in [6.07, 6.45) is 1.48. The smallest absolute Gasteiger partial charge is 0.395 e. The molecule has 0 atom stereocenters. The summed E-state index contributed by atoms with van der Waals surface area (Å²) in [4.78, 5) is 0. The van der Waals surface area contributed by atoms with Crippen LogP contribution in [0.3, 0.4) is 0 Å². The van der Waals surface area contributed by atoms with Gasteiger partial charge in [0.25, 0.3) is 0 Å². The van der Waals surface area contributed by atoms with Crippen LogP contribution in [0.2, 0.25) is 0 Å². The highest BCUT2D eigenvalue weighted by molar-refractivity contribution is 7.49. The molecule has 0 amide bonds. The second-order valence-electron chi connectivity index (χ2n) is 3.84. The van der Waals surface area contributed by atoms with Crippen LogP contribution in [0.25, 0.3) is 0 Å². The fraction of sp³-hybridized carbons (Fsp3) is 0.0667. The van der Waals surface area contributed by atoms with Crippen LogP contribution >= 0.6 is 7.82 Å². The van der Waals surface area contributed by atoms with Gasteiger partial charge < -0.3 is 9.05 Å². The average molecular weight is 290 g/mol. The van der Waals surface area contributed by atoms with Gasteiger partial charge in [0.15, 0.2) is 0 Å². The molecule has 0 radical (unpaired) electrons. The fourth-order valence-electron chi connectivity index (χ4n) is 1.44. The first-order chi connectivity index (χ1) is 9.72. The SMILES string of the molecule is C=CCOP(=O)(Oc1ccccc1)Oc1ccccc1. The molecule has 5 heteroatoms. The molecule has 0 N–H and O–H groups in total. The molecule has 0 heterocycles. The summed E-state index contributed by atoms with van der Waals surface area (Å²) in [5.41, 5.74) is 0. The van der Waals surface area contributed by atoms with Crippen molar-refractivity contribution in [2.45, 2.75) is 0 Å². The summed E-state index contributed by atoms with van der Waals surface area (Å²) in [5.74, 6) is 0.826. The van der Waals surface area contributed by atoms with Crippen LogP contribution in [0.4, 0.5) is 0 Å². The van der Waals surface area contributed by atoms with Crippen molar-refractivity contribution < 1.29 is 18.1 Å². The lowest BCUT2D eigenvalue weighted by Crippen LogP contribution is -2.05. The van der Waals surface area contributed by atoms with Crippen molar-refractivity contribution in [3.63, 3.8) is 0 Å². The second kappa shape index (κ2) is 6.94. The minimum atomic E-state index is -3.75. The van der Waals surface area contributed by atoms with E-state index in [0.717, 1.165) is 0 Å². The molecule has 0 spiro atoms. The van der Waals surface area contributed by atoms with Crippen molar-refractivity contribution in [2.24, 2.45) is 0 Å². The normalized spacial score (nSPS) is 10.8. The van der Waals surface area contributed by atoms with E-state index in [0.29, 0.717) is 11.5 Å². The van der Waals surface area contributed by atoms with Gasteiger partial charge in [-0.3, -0.25) is 4.52 Å². The van der Waals surface area contributed by atoms with Crippen molar-refractivity contribution in [3.8, 4) is 11.5 Å². The highest BCUT2D eigenvalue weighted by atomic mass is 31.2. The Kier molecular flexibility index (Phi) is 4.99. The molecule has 0 unspecified atom stereocenters. The molecular formula is C15H15O4P. The first-order valence-corrected chi connectivity index (χ1v) is 7.53. The zero-order valence-corrected chi connectivity index (χ0v) is 11.7. The van der Waals surface area contributed by atoms with Crippen molar-refractivity contribution in [3.05, 3.63) is 73.3 Å². The van der Waals surface area contributed by atoms with E-state index in [2.05, 4.69) is 6.58 Å². The quantitative estimate of drug-likeness (QED) is 0.558. The third-order valence-corrected chi connectivity index (χ3v) is 3.61. The highest BCUT2D eigenvalue weighted by Crippen LogP contribution is 2.49. The second-order valence-corrected chi connectivity index (χ2v) is 5.36. The van der Waals surface area contributed by atoms with E-state index in [1.54, 1.807) is 48.5 Å². The van der Waals surface area contributed by atoms with Gasteiger partial charge in [0.2, 0.25) is 0 Å². The largest absolute Gasteiger partial charge is 0.587 e.